The number of amides is 1. The molecule has 0 saturated carbocycles. The minimum Gasteiger partial charge on any atom is -0.338 e. The molecule has 1 aromatic rings. The number of rotatable bonds is 3. The third kappa shape index (κ3) is 3.05. The fourth-order valence-electron chi connectivity index (χ4n) is 2.70. The Morgan fingerprint density at radius 3 is 2.52 bits per heavy atom. The standard InChI is InChI=1S/C15H21N3O3/c1-11-5-4-6-12(13(11)18(20)21)14(19)17-9-7-15(2,16-3)8-10-17/h4-6,16H,7-10H2,1-3H3. The Balaban J connectivity index is 2.23. The van der Waals surface area contributed by atoms with E-state index in [1.54, 1.807) is 30.0 Å². The van der Waals surface area contributed by atoms with E-state index in [1.165, 1.54) is 0 Å². The first kappa shape index (κ1) is 15.4. The molecule has 0 atom stereocenters. The Bertz CT molecular complexity index is 563. The third-order valence-corrected chi connectivity index (χ3v) is 4.41. The maximum absolute atomic E-state index is 12.6. The van der Waals surface area contributed by atoms with Gasteiger partial charge in [0.1, 0.15) is 5.56 Å². The summed E-state index contributed by atoms with van der Waals surface area (Å²) in [4.78, 5) is 25.0. The lowest BCUT2D eigenvalue weighted by atomic mass is 9.89. The molecule has 0 unspecified atom stereocenters. The van der Waals surface area contributed by atoms with Gasteiger partial charge in [-0.1, -0.05) is 12.1 Å². The lowest BCUT2D eigenvalue weighted by Gasteiger charge is -2.39. The quantitative estimate of drug-likeness (QED) is 0.683. The number of carbonyl (C=O) groups excluding carboxylic acids is 1. The molecular weight excluding hydrogens is 270 g/mol. The van der Waals surface area contributed by atoms with Crippen molar-refractivity contribution in [2.24, 2.45) is 0 Å². The van der Waals surface area contributed by atoms with Crippen molar-refractivity contribution in [1.82, 2.24) is 10.2 Å². The summed E-state index contributed by atoms with van der Waals surface area (Å²) in [5.74, 6) is -0.247. The number of piperidine rings is 1. The summed E-state index contributed by atoms with van der Waals surface area (Å²) in [6, 6.07) is 4.89. The van der Waals surface area contributed by atoms with Crippen molar-refractivity contribution in [1.29, 1.82) is 0 Å². The highest BCUT2D eigenvalue weighted by molar-refractivity contribution is 5.98. The predicted octanol–water partition coefficient (Wildman–Crippen LogP) is 2.12. The SMILES string of the molecule is CNC1(C)CCN(C(=O)c2cccc(C)c2[N+](=O)[O-])CC1. The lowest BCUT2D eigenvalue weighted by Crippen LogP contribution is -2.51. The van der Waals surface area contributed by atoms with Gasteiger partial charge in [0.15, 0.2) is 0 Å². The zero-order chi connectivity index (χ0) is 15.6. The molecule has 6 nitrogen and oxygen atoms in total. The second-order valence-electron chi connectivity index (χ2n) is 5.83. The molecule has 114 valence electrons. The molecule has 0 radical (unpaired) electrons. The molecule has 6 heteroatoms. The van der Waals surface area contributed by atoms with Gasteiger partial charge >= 0.3 is 0 Å². The summed E-state index contributed by atoms with van der Waals surface area (Å²) in [6.07, 6.45) is 1.68. The summed E-state index contributed by atoms with van der Waals surface area (Å²) in [5.41, 5.74) is 0.662. The monoisotopic (exact) mass is 291 g/mol. The topological polar surface area (TPSA) is 75.5 Å². The van der Waals surface area contributed by atoms with Gasteiger partial charge < -0.3 is 10.2 Å². The Kier molecular flexibility index (Phi) is 4.27. The van der Waals surface area contributed by atoms with Gasteiger partial charge in [-0.3, -0.25) is 14.9 Å². The van der Waals surface area contributed by atoms with Crippen LogP contribution in [0, 0.1) is 17.0 Å². The zero-order valence-electron chi connectivity index (χ0n) is 12.7. The molecule has 1 amide bonds. The van der Waals surface area contributed by atoms with Crippen molar-refractivity contribution in [3.63, 3.8) is 0 Å². The van der Waals surface area contributed by atoms with E-state index < -0.39 is 4.92 Å². The van der Waals surface area contributed by atoms with Crippen LogP contribution in [0.3, 0.4) is 0 Å². The van der Waals surface area contributed by atoms with Crippen LogP contribution < -0.4 is 5.32 Å². The molecule has 0 bridgehead atoms. The minimum absolute atomic E-state index is 0.0370. The zero-order valence-corrected chi connectivity index (χ0v) is 12.7. The number of nitro groups is 1. The summed E-state index contributed by atoms with van der Waals surface area (Å²) in [5, 5.41) is 14.5. The van der Waals surface area contributed by atoms with E-state index in [1.807, 2.05) is 7.05 Å². The van der Waals surface area contributed by atoms with E-state index in [4.69, 9.17) is 0 Å². The number of hydrogen-bond donors (Lipinski definition) is 1. The molecular formula is C15H21N3O3. The van der Waals surface area contributed by atoms with Crippen LogP contribution in [0.5, 0.6) is 0 Å². The van der Waals surface area contributed by atoms with Gasteiger partial charge in [-0.2, -0.15) is 0 Å². The van der Waals surface area contributed by atoms with Crippen LogP contribution in [-0.4, -0.2) is 41.4 Å². The molecule has 0 spiro atoms. The Labute approximate surface area is 124 Å². The first-order valence-corrected chi connectivity index (χ1v) is 7.10. The number of nitrogens with zero attached hydrogens (tertiary/aromatic N) is 2. The van der Waals surface area contributed by atoms with Gasteiger partial charge in [0.25, 0.3) is 11.6 Å². The number of para-hydroxylation sites is 1. The van der Waals surface area contributed by atoms with Gasteiger partial charge in [0, 0.05) is 24.2 Å². The van der Waals surface area contributed by atoms with Crippen LogP contribution in [0.2, 0.25) is 0 Å². The predicted molar refractivity (Wildman–Crippen MR) is 80.4 cm³/mol. The summed E-state index contributed by atoms with van der Waals surface area (Å²) >= 11 is 0. The van der Waals surface area contributed by atoms with E-state index >= 15 is 0 Å². The molecule has 1 N–H and O–H groups in total. The first-order valence-electron chi connectivity index (χ1n) is 7.10. The number of benzene rings is 1. The van der Waals surface area contributed by atoms with Gasteiger partial charge in [-0.15, -0.1) is 0 Å². The molecule has 0 aromatic heterocycles. The number of aryl methyl sites for hydroxylation is 1. The summed E-state index contributed by atoms with van der Waals surface area (Å²) < 4.78 is 0. The van der Waals surface area contributed by atoms with Crippen LogP contribution in [0.25, 0.3) is 0 Å². The van der Waals surface area contributed by atoms with Crippen molar-refractivity contribution in [2.75, 3.05) is 20.1 Å². The summed E-state index contributed by atoms with van der Waals surface area (Å²) in [6.45, 7) is 5.01. The second-order valence-corrected chi connectivity index (χ2v) is 5.83. The van der Waals surface area contributed by atoms with E-state index in [-0.39, 0.29) is 22.7 Å². The molecule has 21 heavy (non-hydrogen) atoms. The molecule has 1 aliphatic rings. The van der Waals surface area contributed by atoms with Crippen LogP contribution in [-0.2, 0) is 0 Å². The first-order chi connectivity index (χ1) is 9.88. The van der Waals surface area contributed by atoms with Crippen LogP contribution in [0.1, 0.15) is 35.7 Å². The highest BCUT2D eigenvalue weighted by Crippen LogP contribution is 2.27. The van der Waals surface area contributed by atoms with Crippen LogP contribution in [0.4, 0.5) is 5.69 Å². The van der Waals surface area contributed by atoms with E-state index in [2.05, 4.69) is 12.2 Å². The number of carbonyl (C=O) groups is 1. The number of nitro benzene ring substituents is 1. The molecule has 1 heterocycles. The normalized spacial score (nSPS) is 17.6. The summed E-state index contributed by atoms with van der Waals surface area (Å²) in [7, 11) is 1.92. The number of likely N-dealkylation sites (tertiary alicyclic amines) is 1. The molecule has 1 fully saturated rings. The van der Waals surface area contributed by atoms with Crippen molar-refractivity contribution in [3.8, 4) is 0 Å². The Hall–Kier alpha value is -1.95. The average molecular weight is 291 g/mol. The molecule has 1 saturated heterocycles. The lowest BCUT2D eigenvalue weighted by molar-refractivity contribution is -0.385. The van der Waals surface area contributed by atoms with E-state index in [9.17, 15) is 14.9 Å². The molecule has 1 aliphatic heterocycles. The number of hydrogen-bond acceptors (Lipinski definition) is 4. The maximum atomic E-state index is 12.6. The van der Waals surface area contributed by atoms with Gasteiger partial charge in [-0.25, -0.2) is 0 Å². The number of nitrogens with one attached hydrogen (secondary N) is 1. The van der Waals surface area contributed by atoms with Crippen molar-refractivity contribution in [3.05, 3.63) is 39.4 Å². The molecule has 1 aromatic carbocycles. The molecule has 2 rings (SSSR count). The fourth-order valence-corrected chi connectivity index (χ4v) is 2.70. The fraction of sp³-hybridized carbons (Fsp3) is 0.533. The van der Waals surface area contributed by atoms with Crippen LogP contribution >= 0.6 is 0 Å². The minimum atomic E-state index is -0.468. The smallest absolute Gasteiger partial charge is 0.285 e. The Morgan fingerprint density at radius 1 is 1.38 bits per heavy atom. The largest absolute Gasteiger partial charge is 0.338 e. The van der Waals surface area contributed by atoms with Crippen molar-refractivity contribution >= 4 is 11.6 Å². The van der Waals surface area contributed by atoms with Crippen molar-refractivity contribution < 1.29 is 9.72 Å². The van der Waals surface area contributed by atoms with Crippen LogP contribution in [0.15, 0.2) is 18.2 Å². The van der Waals surface area contributed by atoms with E-state index in [0.29, 0.717) is 18.7 Å². The van der Waals surface area contributed by atoms with Crippen molar-refractivity contribution in [2.45, 2.75) is 32.2 Å². The molecule has 0 aliphatic carbocycles. The average Bonchev–Trinajstić information content (AvgIpc) is 2.46. The Morgan fingerprint density at radius 2 is 2.00 bits per heavy atom. The van der Waals surface area contributed by atoms with Gasteiger partial charge in [0.2, 0.25) is 0 Å². The highest BCUT2D eigenvalue weighted by atomic mass is 16.6. The highest BCUT2D eigenvalue weighted by Gasteiger charge is 2.33. The maximum Gasteiger partial charge on any atom is 0.285 e. The van der Waals surface area contributed by atoms with Gasteiger partial charge in [-0.05, 0) is 39.8 Å². The second kappa shape index (κ2) is 5.81. The third-order valence-electron chi connectivity index (χ3n) is 4.41. The van der Waals surface area contributed by atoms with Gasteiger partial charge in [0.05, 0.1) is 4.92 Å². The van der Waals surface area contributed by atoms with E-state index in [0.717, 1.165) is 12.8 Å².